The minimum Gasteiger partial charge on any atom is -0.480 e. The SMILES string of the molecule is CC/C=C\C/C=C\C/C=C\C/C=C\CCCCCCCCCCCCC(=O)OC(COCCCCCCCCCCCCCCC)COP(=O)(O)OCC(N)C(=O)O. The lowest BCUT2D eigenvalue weighted by Crippen LogP contribution is -2.34. The van der Waals surface area contributed by atoms with E-state index in [2.05, 4.69) is 62.5 Å². The molecule has 4 N–H and O–H groups in total. The summed E-state index contributed by atoms with van der Waals surface area (Å²) in [5.41, 5.74) is 5.36. The average molecular weight is 840 g/mol. The molecular formula is C47H86NO9P. The van der Waals surface area contributed by atoms with Crippen molar-refractivity contribution in [1.29, 1.82) is 0 Å². The van der Waals surface area contributed by atoms with E-state index in [1.54, 1.807) is 0 Å². The Labute approximate surface area is 354 Å². The van der Waals surface area contributed by atoms with Gasteiger partial charge in [-0.2, -0.15) is 0 Å². The maximum absolute atomic E-state index is 12.7. The molecule has 11 heteroatoms. The third-order valence-electron chi connectivity index (χ3n) is 9.87. The van der Waals surface area contributed by atoms with Crippen molar-refractivity contribution in [3.63, 3.8) is 0 Å². The predicted molar refractivity (Wildman–Crippen MR) is 240 cm³/mol. The number of allylic oxidation sites excluding steroid dienone is 8. The second-order valence-electron chi connectivity index (χ2n) is 15.5. The number of hydrogen-bond donors (Lipinski definition) is 3. The largest absolute Gasteiger partial charge is 0.480 e. The molecule has 3 unspecified atom stereocenters. The van der Waals surface area contributed by atoms with Gasteiger partial charge in [-0.05, 0) is 51.4 Å². The molecule has 0 rings (SSSR count). The van der Waals surface area contributed by atoms with Crippen molar-refractivity contribution in [3.05, 3.63) is 48.6 Å². The van der Waals surface area contributed by atoms with Gasteiger partial charge in [0.05, 0.1) is 19.8 Å². The Kier molecular flexibility index (Phi) is 41.5. The molecule has 0 saturated heterocycles. The van der Waals surface area contributed by atoms with Crippen LogP contribution in [0.15, 0.2) is 48.6 Å². The molecule has 0 radical (unpaired) electrons. The minimum absolute atomic E-state index is 0.0169. The maximum atomic E-state index is 12.7. The zero-order valence-electron chi connectivity index (χ0n) is 36.9. The van der Waals surface area contributed by atoms with Gasteiger partial charge in [0.25, 0.3) is 0 Å². The Hall–Kier alpha value is -2.07. The molecular weight excluding hydrogens is 753 g/mol. The van der Waals surface area contributed by atoms with Crippen LogP contribution in [0.1, 0.15) is 200 Å². The fourth-order valence-corrected chi connectivity index (χ4v) is 7.08. The molecule has 0 aromatic rings. The van der Waals surface area contributed by atoms with E-state index in [0.29, 0.717) is 13.0 Å². The third-order valence-corrected chi connectivity index (χ3v) is 10.8. The summed E-state index contributed by atoms with van der Waals surface area (Å²) < 4.78 is 33.4. The molecule has 58 heavy (non-hydrogen) atoms. The zero-order chi connectivity index (χ0) is 42.6. The van der Waals surface area contributed by atoms with Crippen LogP contribution in [0.2, 0.25) is 0 Å². The molecule has 338 valence electrons. The first kappa shape index (κ1) is 55.9. The van der Waals surface area contributed by atoms with E-state index in [9.17, 15) is 19.0 Å². The first-order chi connectivity index (χ1) is 28.2. The van der Waals surface area contributed by atoms with Crippen LogP contribution >= 0.6 is 7.82 Å². The first-order valence-corrected chi connectivity index (χ1v) is 24.7. The molecule has 0 bridgehead atoms. The van der Waals surface area contributed by atoms with Crippen LogP contribution < -0.4 is 5.73 Å². The lowest BCUT2D eigenvalue weighted by molar-refractivity contribution is -0.154. The lowest BCUT2D eigenvalue weighted by atomic mass is 10.0. The standard InChI is InChI=1S/C47H86NO9P/c1-3-5-7-9-11-13-15-17-18-19-20-21-22-23-24-25-26-27-29-31-33-35-37-39-46(49)57-44(42-55-58(52,53)56-43-45(48)47(50)51)41-54-40-38-36-34-32-30-28-16-14-12-10-8-6-4-2/h5,7,11,13,17-18,20-21,44-45H,3-4,6,8-10,12,14-16,19,22-43,48H2,1-2H3,(H,50,51)(H,52,53)/b7-5-,13-11-,18-17-,21-20-. The highest BCUT2D eigenvalue weighted by molar-refractivity contribution is 7.47. The Morgan fingerprint density at radius 2 is 1.00 bits per heavy atom. The quantitative estimate of drug-likeness (QED) is 0.0234. The highest BCUT2D eigenvalue weighted by Crippen LogP contribution is 2.43. The van der Waals surface area contributed by atoms with E-state index in [0.717, 1.165) is 70.6 Å². The van der Waals surface area contributed by atoms with Crippen LogP contribution in [0.5, 0.6) is 0 Å². The molecule has 0 aliphatic rings. The number of nitrogens with two attached hydrogens (primary N) is 1. The van der Waals surface area contributed by atoms with Crippen LogP contribution in [0.3, 0.4) is 0 Å². The summed E-state index contributed by atoms with van der Waals surface area (Å²) in [5, 5.41) is 8.90. The molecule has 0 fully saturated rings. The first-order valence-electron chi connectivity index (χ1n) is 23.2. The van der Waals surface area contributed by atoms with Crippen molar-refractivity contribution >= 4 is 19.8 Å². The number of carbonyl (C=O) groups is 2. The van der Waals surface area contributed by atoms with E-state index in [-0.39, 0.29) is 13.0 Å². The maximum Gasteiger partial charge on any atom is 0.472 e. The van der Waals surface area contributed by atoms with Crippen molar-refractivity contribution in [1.82, 2.24) is 0 Å². The lowest BCUT2D eigenvalue weighted by Gasteiger charge is -2.20. The van der Waals surface area contributed by atoms with Crippen molar-refractivity contribution < 1.29 is 42.7 Å². The van der Waals surface area contributed by atoms with E-state index in [4.69, 9.17) is 29.4 Å². The Morgan fingerprint density at radius 1 is 0.569 bits per heavy atom. The Balaban J connectivity index is 4.15. The van der Waals surface area contributed by atoms with E-state index in [1.807, 2.05) is 0 Å². The highest BCUT2D eigenvalue weighted by Gasteiger charge is 2.27. The topological polar surface area (TPSA) is 155 Å². The summed E-state index contributed by atoms with van der Waals surface area (Å²) in [6.07, 6.45) is 50.2. The van der Waals surface area contributed by atoms with E-state index in [1.165, 1.54) is 103 Å². The summed E-state index contributed by atoms with van der Waals surface area (Å²) in [7, 11) is -4.62. The summed E-state index contributed by atoms with van der Waals surface area (Å²) in [6.45, 7) is 3.78. The van der Waals surface area contributed by atoms with Gasteiger partial charge in [0.2, 0.25) is 0 Å². The van der Waals surface area contributed by atoms with Crippen LogP contribution in [0.4, 0.5) is 0 Å². The summed E-state index contributed by atoms with van der Waals surface area (Å²) >= 11 is 0. The molecule has 0 amide bonds. The number of ether oxygens (including phenoxy) is 2. The van der Waals surface area contributed by atoms with Gasteiger partial charge in [-0.1, -0.05) is 191 Å². The number of carboxylic acids is 1. The van der Waals surface area contributed by atoms with Gasteiger partial charge >= 0.3 is 19.8 Å². The molecule has 3 atom stereocenters. The summed E-state index contributed by atoms with van der Waals surface area (Å²) in [4.78, 5) is 33.6. The average Bonchev–Trinajstić information content (AvgIpc) is 3.20. The van der Waals surface area contributed by atoms with Gasteiger partial charge in [-0.3, -0.25) is 18.6 Å². The van der Waals surface area contributed by atoms with Gasteiger partial charge in [0, 0.05) is 13.0 Å². The van der Waals surface area contributed by atoms with Crippen LogP contribution in [-0.4, -0.2) is 60.5 Å². The molecule has 0 aliphatic carbocycles. The number of phosphoric acid groups is 1. The summed E-state index contributed by atoms with van der Waals surface area (Å²) in [5.74, 6) is -1.78. The van der Waals surface area contributed by atoms with Crippen molar-refractivity contribution in [2.24, 2.45) is 5.73 Å². The van der Waals surface area contributed by atoms with Gasteiger partial charge < -0.3 is 25.2 Å². The van der Waals surface area contributed by atoms with Gasteiger partial charge in [-0.15, -0.1) is 0 Å². The van der Waals surface area contributed by atoms with Gasteiger partial charge in [0.15, 0.2) is 0 Å². The molecule has 0 aliphatic heterocycles. The second kappa shape index (κ2) is 43.0. The van der Waals surface area contributed by atoms with Crippen LogP contribution in [0, 0.1) is 0 Å². The fraction of sp³-hybridized carbons (Fsp3) is 0.787. The number of esters is 1. The Bertz CT molecular complexity index is 1110. The summed E-state index contributed by atoms with van der Waals surface area (Å²) in [6, 6.07) is -1.47. The molecule has 0 heterocycles. The highest BCUT2D eigenvalue weighted by atomic mass is 31.2. The number of unbranched alkanes of at least 4 members (excludes halogenated alkanes) is 22. The smallest absolute Gasteiger partial charge is 0.472 e. The molecule has 0 saturated carbocycles. The van der Waals surface area contributed by atoms with Crippen molar-refractivity contribution in [2.75, 3.05) is 26.4 Å². The van der Waals surface area contributed by atoms with Crippen LogP contribution in [0.25, 0.3) is 0 Å². The second-order valence-corrected chi connectivity index (χ2v) is 17.0. The molecule has 0 spiro atoms. The van der Waals surface area contributed by atoms with E-state index < -0.39 is 45.1 Å². The van der Waals surface area contributed by atoms with Crippen LogP contribution in [-0.2, 0) is 32.7 Å². The molecule has 10 nitrogen and oxygen atoms in total. The van der Waals surface area contributed by atoms with Gasteiger partial charge in [-0.25, -0.2) is 4.57 Å². The number of hydrogen-bond acceptors (Lipinski definition) is 8. The van der Waals surface area contributed by atoms with E-state index >= 15 is 0 Å². The number of phosphoric ester groups is 1. The van der Waals surface area contributed by atoms with Crippen molar-refractivity contribution in [3.8, 4) is 0 Å². The molecule has 0 aromatic heterocycles. The Morgan fingerprint density at radius 3 is 1.50 bits per heavy atom. The normalized spacial score (nSPS) is 14.3. The van der Waals surface area contributed by atoms with Crippen molar-refractivity contribution in [2.45, 2.75) is 212 Å². The number of carboxylic acid groups (broad SMARTS) is 1. The predicted octanol–water partition coefficient (Wildman–Crippen LogP) is 13.0. The number of rotatable bonds is 44. The van der Waals surface area contributed by atoms with Gasteiger partial charge in [0.1, 0.15) is 12.1 Å². The number of carbonyl (C=O) groups excluding carboxylic acids is 1. The number of aliphatic carboxylic acids is 1. The molecule has 0 aromatic carbocycles. The minimum atomic E-state index is -4.62. The zero-order valence-corrected chi connectivity index (χ0v) is 37.8. The monoisotopic (exact) mass is 840 g/mol. The third kappa shape index (κ3) is 42.1. The fourth-order valence-electron chi connectivity index (χ4n) is 6.30.